The molecule has 6 nitrogen and oxygen atoms in total. The molecule has 2 N–H and O–H groups in total. The number of nitrogens with one attached hydrogen (secondary N) is 2. The van der Waals surface area contributed by atoms with E-state index in [1.165, 1.54) is 0 Å². The summed E-state index contributed by atoms with van der Waals surface area (Å²) in [5, 5.41) is 6.99. The van der Waals surface area contributed by atoms with Crippen molar-refractivity contribution in [2.75, 3.05) is 26.2 Å². The van der Waals surface area contributed by atoms with Gasteiger partial charge >= 0.3 is 0 Å². The summed E-state index contributed by atoms with van der Waals surface area (Å²) in [4.78, 5) is 24.4. The van der Waals surface area contributed by atoms with Gasteiger partial charge in [-0.15, -0.1) is 0 Å². The first kappa shape index (κ1) is 10.1. The lowest BCUT2D eigenvalue weighted by Gasteiger charge is -2.27. The van der Waals surface area contributed by atoms with Crippen molar-refractivity contribution in [3.63, 3.8) is 0 Å². The molecule has 0 radical (unpaired) electrons. The van der Waals surface area contributed by atoms with Crippen molar-refractivity contribution < 1.29 is 9.59 Å². The van der Waals surface area contributed by atoms with Crippen LogP contribution < -0.4 is 10.7 Å². The smallest absolute Gasteiger partial charge is 0.245 e. The molecule has 0 unspecified atom stereocenters. The minimum atomic E-state index is -0.127. The van der Waals surface area contributed by atoms with Crippen molar-refractivity contribution in [3.05, 3.63) is 0 Å². The minimum Gasteiger partial charge on any atom is -0.340 e. The van der Waals surface area contributed by atoms with Crippen LogP contribution in [0.5, 0.6) is 0 Å². The van der Waals surface area contributed by atoms with E-state index in [1.807, 2.05) is 4.90 Å². The number of hydrogen-bond acceptors (Lipinski definition) is 4. The molecule has 0 aromatic rings. The van der Waals surface area contributed by atoms with E-state index in [9.17, 15) is 9.59 Å². The van der Waals surface area contributed by atoms with Gasteiger partial charge in [-0.25, -0.2) is 5.43 Å². The summed E-state index contributed by atoms with van der Waals surface area (Å²) >= 11 is 0. The quantitative estimate of drug-likeness (QED) is 0.594. The Kier molecular flexibility index (Phi) is 2.96. The van der Waals surface area contributed by atoms with Crippen molar-refractivity contribution in [1.29, 1.82) is 0 Å². The first-order valence-electron chi connectivity index (χ1n) is 5.08. The summed E-state index contributed by atoms with van der Waals surface area (Å²) < 4.78 is 0. The number of rotatable bonds is 2. The van der Waals surface area contributed by atoms with Gasteiger partial charge in [-0.3, -0.25) is 9.59 Å². The Balaban J connectivity index is 1.83. The molecular weight excluding hydrogens is 196 g/mol. The van der Waals surface area contributed by atoms with Crippen molar-refractivity contribution >= 4 is 17.5 Å². The van der Waals surface area contributed by atoms with Crippen LogP contribution >= 0.6 is 0 Å². The normalized spacial score (nSPS) is 21.2. The summed E-state index contributed by atoms with van der Waals surface area (Å²) in [6.45, 7) is 3.17. The van der Waals surface area contributed by atoms with Crippen molar-refractivity contribution in [2.45, 2.75) is 12.8 Å². The molecule has 0 saturated carbocycles. The molecule has 6 heteroatoms. The maximum Gasteiger partial charge on any atom is 0.245 e. The van der Waals surface area contributed by atoms with Gasteiger partial charge in [0, 0.05) is 26.2 Å². The summed E-state index contributed by atoms with van der Waals surface area (Å²) in [7, 11) is 0. The Morgan fingerprint density at radius 3 is 2.73 bits per heavy atom. The van der Waals surface area contributed by atoms with Gasteiger partial charge in [-0.05, 0) is 0 Å². The summed E-state index contributed by atoms with van der Waals surface area (Å²) in [6.07, 6.45) is 0.524. The molecule has 0 aromatic carbocycles. The number of piperazine rings is 1. The molecule has 0 atom stereocenters. The maximum absolute atomic E-state index is 11.7. The maximum atomic E-state index is 11.7. The van der Waals surface area contributed by atoms with E-state index in [0.29, 0.717) is 5.71 Å². The Morgan fingerprint density at radius 2 is 2.13 bits per heavy atom. The zero-order valence-corrected chi connectivity index (χ0v) is 8.45. The van der Waals surface area contributed by atoms with E-state index in [2.05, 4.69) is 15.8 Å². The van der Waals surface area contributed by atoms with Crippen LogP contribution in [0.15, 0.2) is 5.10 Å². The predicted molar refractivity (Wildman–Crippen MR) is 54.3 cm³/mol. The zero-order valence-electron chi connectivity index (χ0n) is 8.45. The third-order valence-electron chi connectivity index (χ3n) is 2.53. The van der Waals surface area contributed by atoms with Crippen molar-refractivity contribution in [1.82, 2.24) is 15.6 Å². The molecule has 0 spiro atoms. The van der Waals surface area contributed by atoms with Crippen molar-refractivity contribution in [2.24, 2.45) is 5.10 Å². The van der Waals surface area contributed by atoms with Crippen LogP contribution in [-0.2, 0) is 9.59 Å². The van der Waals surface area contributed by atoms with Crippen LogP contribution in [0.1, 0.15) is 12.8 Å². The van der Waals surface area contributed by atoms with Gasteiger partial charge in [0.2, 0.25) is 11.8 Å². The molecule has 0 aliphatic carbocycles. The van der Waals surface area contributed by atoms with Crippen LogP contribution in [0.4, 0.5) is 0 Å². The fraction of sp³-hybridized carbons (Fsp3) is 0.667. The fourth-order valence-corrected chi connectivity index (χ4v) is 1.71. The molecule has 2 heterocycles. The lowest BCUT2D eigenvalue weighted by atomic mass is 10.2. The first-order valence-corrected chi connectivity index (χ1v) is 5.08. The van der Waals surface area contributed by atoms with E-state index in [0.717, 1.165) is 26.2 Å². The third kappa shape index (κ3) is 2.53. The van der Waals surface area contributed by atoms with E-state index in [4.69, 9.17) is 0 Å². The molecule has 2 amide bonds. The number of carbonyl (C=O) groups is 2. The molecule has 0 bridgehead atoms. The second kappa shape index (κ2) is 4.39. The fourth-order valence-electron chi connectivity index (χ4n) is 1.71. The van der Waals surface area contributed by atoms with Gasteiger partial charge in [0.1, 0.15) is 0 Å². The Bertz CT molecular complexity index is 307. The van der Waals surface area contributed by atoms with Gasteiger partial charge in [0.25, 0.3) is 0 Å². The highest BCUT2D eigenvalue weighted by molar-refractivity contribution is 6.11. The average molecular weight is 210 g/mol. The SMILES string of the molecule is O=C1CC(CC(=O)N2CCNCC2)=NN1. The first-order chi connectivity index (χ1) is 7.25. The van der Waals surface area contributed by atoms with E-state index < -0.39 is 0 Å². The number of amides is 2. The monoisotopic (exact) mass is 210 g/mol. The topological polar surface area (TPSA) is 73.8 Å². The molecule has 2 aliphatic heterocycles. The van der Waals surface area contributed by atoms with Crippen LogP contribution in [0.3, 0.4) is 0 Å². The molecule has 0 aromatic heterocycles. The number of hydrazone groups is 1. The second-order valence-corrected chi connectivity index (χ2v) is 3.70. The van der Waals surface area contributed by atoms with Crippen LogP contribution in [0.2, 0.25) is 0 Å². The number of carbonyl (C=O) groups excluding carboxylic acids is 2. The third-order valence-corrected chi connectivity index (χ3v) is 2.53. The molecular formula is C9H14N4O2. The Morgan fingerprint density at radius 1 is 1.40 bits per heavy atom. The Labute approximate surface area is 87.7 Å². The van der Waals surface area contributed by atoms with Crippen LogP contribution in [0.25, 0.3) is 0 Å². The molecule has 82 valence electrons. The molecule has 1 saturated heterocycles. The minimum absolute atomic E-state index is 0.0618. The lowest BCUT2D eigenvalue weighted by molar-refractivity contribution is -0.130. The number of nitrogens with zero attached hydrogens (tertiary/aromatic N) is 2. The lowest BCUT2D eigenvalue weighted by Crippen LogP contribution is -2.46. The highest BCUT2D eigenvalue weighted by Gasteiger charge is 2.21. The summed E-state index contributed by atoms with van der Waals surface area (Å²) in [5.41, 5.74) is 2.99. The Hall–Kier alpha value is -1.43. The summed E-state index contributed by atoms with van der Waals surface area (Å²) in [5.74, 6) is -0.0649. The molecule has 2 aliphatic rings. The van der Waals surface area contributed by atoms with Gasteiger partial charge in [0.05, 0.1) is 18.6 Å². The van der Waals surface area contributed by atoms with Crippen LogP contribution in [-0.4, -0.2) is 48.6 Å². The average Bonchev–Trinajstić information content (AvgIpc) is 2.65. The molecule has 2 rings (SSSR count). The highest BCUT2D eigenvalue weighted by atomic mass is 16.2. The van der Waals surface area contributed by atoms with Crippen molar-refractivity contribution in [3.8, 4) is 0 Å². The van der Waals surface area contributed by atoms with Gasteiger partial charge in [0.15, 0.2) is 0 Å². The highest BCUT2D eigenvalue weighted by Crippen LogP contribution is 2.04. The summed E-state index contributed by atoms with van der Waals surface area (Å²) in [6, 6.07) is 0. The largest absolute Gasteiger partial charge is 0.340 e. The van der Waals surface area contributed by atoms with E-state index in [1.54, 1.807) is 0 Å². The van der Waals surface area contributed by atoms with E-state index >= 15 is 0 Å². The molecule has 1 fully saturated rings. The van der Waals surface area contributed by atoms with Crippen LogP contribution in [0, 0.1) is 0 Å². The zero-order chi connectivity index (χ0) is 10.7. The van der Waals surface area contributed by atoms with E-state index in [-0.39, 0.29) is 24.7 Å². The second-order valence-electron chi connectivity index (χ2n) is 3.70. The van der Waals surface area contributed by atoms with Gasteiger partial charge in [-0.1, -0.05) is 0 Å². The van der Waals surface area contributed by atoms with Gasteiger partial charge < -0.3 is 10.2 Å². The van der Waals surface area contributed by atoms with Gasteiger partial charge in [-0.2, -0.15) is 5.10 Å². The standard InChI is InChI=1S/C9H14N4O2/c14-8-5-7(11-12-8)6-9(15)13-3-1-10-2-4-13/h10H,1-6H2,(H,12,14). The molecule has 15 heavy (non-hydrogen) atoms. The predicted octanol–water partition coefficient (Wildman–Crippen LogP) is -1.32. The number of hydrogen-bond donors (Lipinski definition) is 2.